The summed E-state index contributed by atoms with van der Waals surface area (Å²) >= 11 is 0. The van der Waals surface area contributed by atoms with Crippen molar-refractivity contribution < 1.29 is 177 Å². The molecule has 0 aromatic heterocycles. The third-order valence-corrected chi connectivity index (χ3v) is 15.6. The second-order valence-corrected chi connectivity index (χ2v) is 20.7. The molecule has 83 heavy (non-hydrogen) atoms. The fraction of sp³-hybridized carbons (Fsp3) is 0.956. The Morgan fingerprint density at radius 3 is 1.00 bits per heavy atom. The van der Waals surface area contributed by atoms with Gasteiger partial charge in [0.25, 0.3) is 0 Å². The van der Waals surface area contributed by atoms with Gasteiger partial charge in [-0.25, -0.2) is 9.59 Å². The Morgan fingerprint density at radius 2 is 0.663 bits per heavy atom. The SMILES string of the molecule is O=C1NCCCNC(=O)OCC2[O+]([C@H]3[C@H](O[C@H]4[C@H](O)[C@@H](O)[C@H](O)O[C@@H]4CO)O[C@H](CO)[C@H](O[C@H]4O[C@H](CO)[C@H](O)[C@H](O)[C@H]4O)[C@@H]3O)C(CO1)[O+]2[C@H]1[C@H](O[C@H]2[C@H](O)[C@@H](O)[C@H](O)O[C@@H]2CO)O[C@H](CO)[C@H](O[C@H]2O[C@H](CO)[C@H](O)[C@H](O)[C@H]2O)[C@@H]1O. The predicted molar refractivity (Wildman–Crippen MR) is 251 cm³/mol. The summed E-state index contributed by atoms with van der Waals surface area (Å²) in [5.74, 6) is 0. The number of nitrogens with one attached hydrogen (secondary N) is 2. The molecule has 8 fully saturated rings. The summed E-state index contributed by atoms with van der Waals surface area (Å²) in [6.45, 7) is -8.68. The normalized spacial score (nSPS) is 50.0. The van der Waals surface area contributed by atoms with Gasteiger partial charge < -0.3 is 170 Å². The molecule has 30 atom stereocenters. The van der Waals surface area contributed by atoms with E-state index >= 15 is 0 Å². The highest BCUT2D eigenvalue weighted by molar-refractivity contribution is 5.67. The number of aliphatic hydroxyl groups is 20. The van der Waals surface area contributed by atoms with Gasteiger partial charge in [-0.2, -0.15) is 0 Å². The fourth-order valence-corrected chi connectivity index (χ4v) is 11.1. The number of cyclic esters (lactones) is 2. The van der Waals surface area contributed by atoms with Crippen molar-refractivity contribution in [2.45, 2.75) is 203 Å². The first-order valence-corrected chi connectivity index (χ1v) is 26.5. The lowest BCUT2D eigenvalue weighted by Gasteiger charge is -2.57. The van der Waals surface area contributed by atoms with Crippen LogP contribution in [0.15, 0.2) is 0 Å². The van der Waals surface area contributed by atoms with Crippen molar-refractivity contribution in [2.75, 3.05) is 65.9 Å². The molecule has 38 nitrogen and oxygen atoms in total. The molecule has 38 heteroatoms. The molecule has 8 rings (SSSR count). The maximum absolute atomic E-state index is 13.5. The van der Waals surface area contributed by atoms with E-state index in [1.54, 1.807) is 0 Å². The minimum absolute atomic E-state index is 0.117. The predicted octanol–water partition coefficient (Wildman–Crippen LogP) is -14.5. The van der Waals surface area contributed by atoms with Crippen LogP contribution in [-0.4, -0.2) is 377 Å². The maximum Gasteiger partial charge on any atom is 0.407 e. The average molecular weight is 1220 g/mol. The second-order valence-electron chi connectivity index (χ2n) is 20.7. The number of amides is 2. The molecule has 22 N–H and O–H groups in total. The van der Waals surface area contributed by atoms with Crippen molar-refractivity contribution in [2.24, 2.45) is 0 Å². The van der Waals surface area contributed by atoms with Crippen LogP contribution in [0.4, 0.5) is 9.59 Å². The zero-order valence-corrected chi connectivity index (χ0v) is 43.7. The quantitative estimate of drug-likeness (QED) is 0.0638. The smallest absolute Gasteiger partial charge is 0.407 e. The van der Waals surface area contributed by atoms with Gasteiger partial charge in [0.2, 0.25) is 38.0 Å². The van der Waals surface area contributed by atoms with Gasteiger partial charge in [-0.05, 0) is 6.42 Å². The monoisotopic (exact) mass is 1220 g/mol. The Hall–Kier alpha value is -2.74. The van der Waals surface area contributed by atoms with Gasteiger partial charge in [0, 0.05) is 13.1 Å². The molecule has 0 saturated carbocycles. The Balaban J connectivity index is 1.28. The molecule has 2 amide bonds. The number of alkyl carbamates (subject to hydrolysis) is 2. The molecule has 8 aliphatic heterocycles. The first kappa shape index (κ1) is 66.2. The molecule has 8 aliphatic rings. The van der Waals surface area contributed by atoms with Crippen LogP contribution >= 0.6 is 0 Å². The van der Waals surface area contributed by atoms with Crippen molar-refractivity contribution >= 4 is 12.2 Å². The van der Waals surface area contributed by atoms with E-state index in [0.717, 1.165) is 0 Å². The van der Waals surface area contributed by atoms with E-state index in [2.05, 4.69) is 19.4 Å². The zero-order valence-electron chi connectivity index (χ0n) is 43.7. The minimum Gasteiger partial charge on any atom is -0.431 e. The highest BCUT2D eigenvalue weighted by Gasteiger charge is 2.76. The third kappa shape index (κ3) is 13.5. The van der Waals surface area contributed by atoms with Crippen molar-refractivity contribution in [3.05, 3.63) is 0 Å². The molecule has 0 spiro atoms. The number of aliphatic hydroxyl groups excluding tert-OH is 20. The Kier molecular flexibility index (Phi) is 22.8. The van der Waals surface area contributed by atoms with Crippen LogP contribution in [0, 0.1) is 0 Å². The molecule has 0 aliphatic carbocycles. The third-order valence-electron chi connectivity index (χ3n) is 15.6. The van der Waals surface area contributed by atoms with E-state index in [0.29, 0.717) is 0 Å². The molecule has 2 bridgehead atoms. The fourth-order valence-electron chi connectivity index (χ4n) is 11.1. The van der Waals surface area contributed by atoms with Gasteiger partial charge in [0.05, 0.1) is 39.6 Å². The van der Waals surface area contributed by atoms with Crippen LogP contribution in [0.3, 0.4) is 0 Å². The number of carbonyl (C=O) groups excluding carboxylic acids is 2. The Labute approximate surface area is 468 Å². The lowest BCUT2D eigenvalue weighted by Crippen LogP contribution is -2.79. The van der Waals surface area contributed by atoms with Gasteiger partial charge in [0.1, 0.15) is 122 Å². The molecule has 0 aromatic carbocycles. The summed E-state index contributed by atoms with van der Waals surface area (Å²) in [6.07, 6.45) is -67.6. The van der Waals surface area contributed by atoms with Gasteiger partial charge >= 0.3 is 24.8 Å². The molecular weight excluding hydrogens is 1140 g/mol. The highest BCUT2D eigenvalue weighted by atomic mass is 17.1. The van der Waals surface area contributed by atoms with Crippen LogP contribution < -0.4 is 10.6 Å². The number of hydrogen-bond acceptors (Lipinski definition) is 34. The maximum atomic E-state index is 13.5. The van der Waals surface area contributed by atoms with Crippen LogP contribution in [0.2, 0.25) is 0 Å². The lowest BCUT2D eigenvalue weighted by atomic mass is 9.94. The summed E-state index contributed by atoms with van der Waals surface area (Å²) < 4.78 is 74.7. The van der Waals surface area contributed by atoms with E-state index in [9.17, 15) is 112 Å². The number of rotatable bonds is 16. The summed E-state index contributed by atoms with van der Waals surface area (Å²) in [7, 11) is 0. The van der Waals surface area contributed by atoms with E-state index < -0.39 is 262 Å². The molecule has 0 aromatic rings. The van der Waals surface area contributed by atoms with Gasteiger partial charge in [-0.15, -0.1) is 0 Å². The molecule has 8 heterocycles. The van der Waals surface area contributed by atoms with Crippen LogP contribution in [0.5, 0.6) is 0 Å². The number of hydrogen-bond donors (Lipinski definition) is 22. The van der Waals surface area contributed by atoms with E-state index in [1.807, 2.05) is 0 Å². The van der Waals surface area contributed by atoms with Crippen molar-refractivity contribution in [3.8, 4) is 0 Å². The topological polar surface area (TPSA) is 579 Å². The average Bonchev–Trinajstić information content (AvgIpc) is 1.08. The van der Waals surface area contributed by atoms with E-state index in [1.165, 1.54) is 0 Å². The second kappa shape index (κ2) is 28.6. The summed E-state index contributed by atoms with van der Waals surface area (Å²) in [5, 5.41) is 223. The molecule has 8 saturated heterocycles. The highest BCUT2D eigenvalue weighted by Crippen LogP contribution is 2.50. The van der Waals surface area contributed by atoms with E-state index in [4.69, 9.17) is 56.8 Å². The zero-order chi connectivity index (χ0) is 60.5. The number of ether oxygens (including phenoxy) is 12. The van der Waals surface area contributed by atoms with Gasteiger partial charge in [-0.3, -0.25) is 8.73 Å². The minimum atomic E-state index is -2.35. The summed E-state index contributed by atoms with van der Waals surface area (Å²) in [6, 6.07) is 0. The van der Waals surface area contributed by atoms with Crippen LogP contribution in [0.25, 0.3) is 0 Å². The molecular formula is C45H76N2O36+2. The molecule has 0 unspecified atom stereocenters. The van der Waals surface area contributed by atoms with Crippen LogP contribution in [0.1, 0.15) is 6.42 Å². The summed E-state index contributed by atoms with van der Waals surface area (Å²) in [5.41, 5.74) is 0. The van der Waals surface area contributed by atoms with Crippen molar-refractivity contribution in [3.63, 3.8) is 0 Å². The van der Waals surface area contributed by atoms with Crippen molar-refractivity contribution in [1.29, 1.82) is 0 Å². The Bertz CT molecular complexity index is 1910. The lowest BCUT2D eigenvalue weighted by molar-refractivity contribution is -0.657. The van der Waals surface area contributed by atoms with Gasteiger partial charge in [-0.1, -0.05) is 0 Å². The number of carbonyl (C=O) groups is 2. The molecule has 0 radical (unpaired) electrons. The number of fused-ring (bicyclic) bond motifs is 2. The van der Waals surface area contributed by atoms with Crippen LogP contribution in [-0.2, 0) is 65.6 Å². The summed E-state index contributed by atoms with van der Waals surface area (Å²) in [4.78, 5) is 27.1. The molecule has 480 valence electrons. The first-order valence-electron chi connectivity index (χ1n) is 26.5. The Morgan fingerprint density at radius 1 is 0.361 bits per heavy atom. The largest absolute Gasteiger partial charge is 0.431 e. The van der Waals surface area contributed by atoms with Crippen molar-refractivity contribution in [1.82, 2.24) is 10.6 Å². The van der Waals surface area contributed by atoms with Gasteiger partial charge in [0.15, 0.2) is 37.4 Å². The van der Waals surface area contributed by atoms with E-state index in [-0.39, 0.29) is 19.5 Å². The standard InChI is InChI=1S/C45H74N2O36/c48-4-12-20(54)22(56)28(62)40(74-12)78-34-16(8-52)76-42(80-32-14(6-50)72-38(66)26(60)24(32)58)36(30(34)64)82-18-10-70-44(68)46-2-1-3-47-45(69)71-11-19(82)83(18)37-31(65)35(79-41-29(63)23(57)21(55)13(5-49)75-41)17(9-53)77-43(37)81-33-15(7-51)73-39(67)27(61)25(33)59/h12-43,48-67H,1-11H2/p+2/t12-,13-,14-,15-,16-,17-,18?,19?,20+,21+,22+,23+,24-,25-,26-,27-,28-,29-,30+,31+,32-,33-,34+,35+,36-,37-,38-,39-,40-,41-,42+,43+/m1/s1. The first-order chi connectivity index (χ1) is 39.5.